The smallest absolute Gasteiger partial charge is 0.0575 e. The highest BCUT2D eigenvalue weighted by Crippen LogP contribution is 2.31. The summed E-state index contributed by atoms with van der Waals surface area (Å²) in [6.07, 6.45) is 6.93. The maximum absolute atomic E-state index is 5.89. The van der Waals surface area contributed by atoms with Crippen LogP contribution in [0.4, 0.5) is 0 Å². The van der Waals surface area contributed by atoms with E-state index in [0.29, 0.717) is 11.5 Å². The molecule has 13 heavy (non-hydrogen) atoms. The maximum Gasteiger partial charge on any atom is 0.0575 e. The summed E-state index contributed by atoms with van der Waals surface area (Å²) in [6, 6.07) is 0. The van der Waals surface area contributed by atoms with Gasteiger partial charge in [0.15, 0.2) is 0 Å². The van der Waals surface area contributed by atoms with Gasteiger partial charge in [-0.15, -0.1) is 0 Å². The fourth-order valence-electron chi connectivity index (χ4n) is 1.51. The van der Waals surface area contributed by atoms with Crippen LogP contribution in [0.5, 0.6) is 0 Å². The van der Waals surface area contributed by atoms with Gasteiger partial charge in [-0.25, -0.2) is 0 Å². The van der Waals surface area contributed by atoms with Gasteiger partial charge in [0.05, 0.1) is 12.7 Å². The van der Waals surface area contributed by atoms with E-state index in [9.17, 15) is 0 Å². The largest absolute Gasteiger partial charge is 0.378 e. The maximum atomic E-state index is 5.89. The third-order valence-electron chi connectivity index (χ3n) is 3.46. The molecule has 0 aromatic carbocycles. The highest BCUT2D eigenvalue weighted by molar-refractivity contribution is 9.09. The third kappa shape index (κ3) is 2.95. The van der Waals surface area contributed by atoms with Crippen molar-refractivity contribution in [3.8, 4) is 0 Å². The van der Waals surface area contributed by atoms with Crippen molar-refractivity contribution in [3.05, 3.63) is 0 Å². The Hall–Kier alpha value is 0.440. The number of hydrogen-bond donors (Lipinski definition) is 0. The molecule has 1 fully saturated rings. The van der Waals surface area contributed by atoms with Crippen LogP contribution in [0.25, 0.3) is 0 Å². The molecule has 0 aromatic rings. The van der Waals surface area contributed by atoms with Crippen molar-refractivity contribution in [2.24, 2.45) is 5.41 Å². The molecule has 78 valence electrons. The molecule has 1 aliphatic carbocycles. The van der Waals surface area contributed by atoms with Crippen LogP contribution in [-0.4, -0.2) is 18.0 Å². The monoisotopic (exact) mass is 248 g/mol. The molecule has 0 atom stereocenters. The predicted molar refractivity (Wildman–Crippen MR) is 60.4 cm³/mol. The van der Waals surface area contributed by atoms with E-state index in [1.165, 1.54) is 32.1 Å². The van der Waals surface area contributed by atoms with Gasteiger partial charge < -0.3 is 4.74 Å². The molecule has 0 radical (unpaired) electrons. The van der Waals surface area contributed by atoms with Crippen LogP contribution in [0, 0.1) is 5.41 Å². The highest BCUT2D eigenvalue weighted by atomic mass is 79.9. The molecule has 1 aliphatic rings. The summed E-state index contributed by atoms with van der Waals surface area (Å²) >= 11 is 3.60. The van der Waals surface area contributed by atoms with Crippen LogP contribution in [0.3, 0.4) is 0 Å². The van der Waals surface area contributed by atoms with E-state index < -0.39 is 0 Å². The number of ether oxygens (including phenoxy) is 1. The highest BCUT2D eigenvalue weighted by Gasteiger charge is 2.28. The van der Waals surface area contributed by atoms with Gasteiger partial charge in [-0.3, -0.25) is 0 Å². The minimum atomic E-state index is 0.385. The zero-order chi connectivity index (χ0) is 9.73. The molecule has 1 nitrogen and oxygen atoms in total. The van der Waals surface area contributed by atoms with E-state index in [-0.39, 0.29) is 0 Å². The zero-order valence-electron chi connectivity index (χ0n) is 8.81. The Morgan fingerprint density at radius 2 is 1.92 bits per heavy atom. The topological polar surface area (TPSA) is 9.23 Å². The molecule has 2 heteroatoms. The summed E-state index contributed by atoms with van der Waals surface area (Å²) in [7, 11) is 0. The lowest BCUT2D eigenvalue weighted by Gasteiger charge is -2.34. The minimum absolute atomic E-state index is 0.385. The summed E-state index contributed by atoms with van der Waals surface area (Å²) in [6.45, 7) is 5.46. The fraction of sp³-hybridized carbons (Fsp3) is 1.00. The first-order valence-corrected chi connectivity index (χ1v) is 6.56. The van der Waals surface area contributed by atoms with E-state index in [1.807, 2.05) is 0 Å². The summed E-state index contributed by atoms with van der Waals surface area (Å²) < 4.78 is 5.89. The Morgan fingerprint density at radius 3 is 2.23 bits per heavy atom. The normalized spacial score (nSPS) is 18.7. The van der Waals surface area contributed by atoms with Crippen LogP contribution in [0.2, 0.25) is 0 Å². The molecule has 0 unspecified atom stereocenters. The van der Waals surface area contributed by atoms with Gasteiger partial charge in [0.2, 0.25) is 0 Å². The van der Waals surface area contributed by atoms with E-state index in [4.69, 9.17) is 4.74 Å². The van der Waals surface area contributed by atoms with Crippen molar-refractivity contribution >= 4 is 15.9 Å². The van der Waals surface area contributed by atoms with E-state index in [1.54, 1.807) is 0 Å². The Labute approximate surface area is 90.4 Å². The molecule has 1 rings (SSSR count). The van der Waals surface area contributed by atoms with Crippen molar-refractivity contribution in [2.45, 2.75) is 52.1 Å². The van der Waals surface area contributed by atoms with Gasteiger partial charge >= 0.3 is 0 Å². The van der Waals surface area contributed by atoms with Crippen LogP contribution < -0.4 is 0 Å². The number of rotatable bonds is 6. The molecule has 0 aromatic heterocycles. The van der Waals surface area contributed by atoms with Gasteiger partial charge in [-0.05, 0) is 32.1 Å². The second-order valence-corrected chi connectivity index (χ2v) is 4.77. The van der Waals surface area contributed by atoms with E-state index >= 15 is 0 Å². The zero-order valence-corrected chi connectivity index (χ0v) is 10.4. The lowest BCUT2D eigenvalue weighted by molar-refractivity contribution is -0.0405. The molecule has 0 amide bonds. The van der Waals surface area contributed by atoms with Crippen LogP contribution in [0.15, 0.2) is 0 Å². The fourth-order valence-corrected chi connectivity index (χ4v) is 2.47. The van der Waals surface area contributed by atoms with Crippen molar-refractivity contribution in [2.75, 3.05) is 11.9 Å². The molecular weight excluding hydrogens is 228 g/mol. The average molecular weight is 249 g/mol. The van der Waals surface area contributed by atoms with Gasteiger partial charge in [0.1, 0.15) is 0 Å². The first-order valence-electron chi connectivity index (χ1n) is 5.44. The summed E-state index contributed by atoms with van der Waals surface area (Å²) in [5.41, 5.74) is 0.385. The van der Waals surface area contributed by atoms with Crippen molar-refractivity contribution in [3.63, 3.8) is 0 Å². The number of halogens is 1. The van der Waals surface area contributed by atoms with Gasteiger partial charge in [0.25, 0.3) is 0 Å². The quantitative estimate of drug-likeness (QED) is 0.651. The van der Waals surface area contributed by atoms with Crippen LogP contribution >= 0.6 is 15.9 Å². The Kier molecular flexibility index (Phi) is 4.74. The number of hydrogen-bond acceptors (Lipinski definition) is 1. The summed E-state index contributed by atoms with van der Waals surface area (Å²) in [4.78, 5) is 0. The summed E-state index contributed by atoms with van der Waals surface area (Å²) in [5.74, 6) is 0. The average Bonchev–Trinajstić information content (AvgIpc) is 2.11. The van der Waals surface area contributed by atoms with Crippen molar-refractivity contribution in [1.29, 1.82) is 0 Å². The van der Waals surface area contributed by atoms with Crippen LogP contribution in [0.1, 0.15) is 46.0 Å². The minimum Gasteiger partial charge on any atom is -0.378 e. The van der Waals surface area contributed by atoms with Crippen molar-refractivity contribution < 1.29 is 4.74 Å². The third-order valence-corrected chi connectivity index (χ3v) is 4.65. The Bertz CT molecular complexity index is 131. The second kappa shape index (κ2) is 5.35. The van der Waals surface area contributed by atoms with Crippen LogP contribution in [-0.2, 0) is 4.74 Å². The first-order chi connectivity index (χ1) is 6.26. The van der Waals surface area contributed by atoms with Gasteiger partial charge in [0, 0.05) is 10.7 Å². The molecule has 0 bridgehead atoms. The number of alkyl halides is 1. The molecular formula is C11H21BrO. The molecule has 0 heterocycles. The summed E-state index contributed by atoms with van der Waals surface area (Å²) in [5, 5.41) is 1.07. The molecule has 0 spiro atoms. The van der Waals surface area contributed by atoms with Gasteiger partial charge in [-0.2, -0.15) is 0 Å². The van der Waals surface area contributed by atoms with E-state index in [0.717, 1.165) is 11.9 Å². The molecule has 0 saturated heterocycles. The standard InChI is InChI=1S/C11H21BrO/c1-3-11(4-2,8-12)9-13-10-6-5-7-10/h10H,3-9H2,1-2H3. The Balaban J connectivity index is 2.27. The molecule has 1 saturated carbocycles. The second-order valence-electron chi connectivity index (χ2n) is 4.20. The van der Waals surface area contributed by atoms with Gasteiger partial charge in [-0.1, -0.05) is 29.8 Å². The van der Waals surface area contributed by atoms with Crippen molar-refractivity contribution in [1.82, 2.24) is 0 Å². The lowest BCUT2D eigenvalue weighted by atomic mass is 9.85. The molecule has 0 aliphatic heterocycles. The lowest BCUT2D eigenvalue weighted by Crippen LogP contribution is -2.32. The van der Waals surface area contributed by atoms with E-state index in [2.05, 4.69) is 29.8 Å². The predicted octanol–water partition coefficient (Wildman–Crippen LogP) is 3.76. The Morgan fingerprint density at radius 1 is 1.31 bits per heavy atom. The SMILES string of the molecule is CCC(CC)(CBr)COC1CCC1. The molecule has 0 N–H and O–H groups in total. The first kappa shape index (κ1) is 11.5.